The molecule has 7 heteroatoms. The van der Waals surface area contributed by atoms with Crippen molar-refractivity contribution in [1.29, 1.82) is 0 Å². The minimum absolute atomic E-state index is 0. The SMILES string of the molecule is CCNC(=NCc1ccc(C)cc1OCC1CCCO1)NCCCOCC.I. The lowest BCUT2D eigenvalue weighted by atomic mass is 10.1. The number of nitrogens with zero attached hydrogens (tertiary/aromatic N) is 1. The third kappa shape index (κ3) is 9.43. The van der Waals surface area contributed by atoms with Crippen molar-refractivity contribution in [1.82, 2.24) is 10.6 Å². The molecule has 1 aliphatic heterocycles. The summed E-state index contributed by atoms with van der Waals surface area (Å²) in [5.41, 5.74) is 2.27. The largest absolute Gasteiger partial charge is 0.491 e. The quantitative estimate of drug-likeness (QED) is 0.208. The van der Waals surface area contributed by atoms with Crippen LogP contribution in [0.1, 0.15) is 44.2 Å². The van der Waals surface area contributed by atoms with Crippen LogP contribution in [0.5, 0.6) is 5.75 Å². The van der Waals surface area contributed by atoms with Crippen molar-refractivity contribution in [3.63, 3.8) is 0 Å². The zero-order chi connectivity index (χ0) is 19.3. The summed E-state index contributed by atoms with van der Waals surface area (Å²) in [6.45, 7) is 11.4. The molecule has 1 fully saturated rings. The predicted octanol–water partition coefficient (Wildman–Crippen LogP) is 3.65. The smallest absolute Gasteiger partial charge is 0.191 e. The van der Waals surface area contributed by atoms with Gasteiger partial charge in [-0.1, -0.05) is 12.1 Å². The first kappa shape index (κ1) is 25.0. The van der Waals surface area contributed by atoms with E-state index in [1.54, 1.807) is 0 Å². The average molecular weight is 505 g/mol. The Morgan fingerprint density at radius 2 is 2.14 bits per heavy atom. The van der Waals surface area contributed by atoms with Crippen LogP contribution in [0.15, 0.2) is 23.2 Å². The number of benzene rings is 1. The van der Waals surface area contributed by atoms with Gasteiger partial charge >= 0.3 is 0 Å². The van der Waals surface area contributed by atoms with Gasteiger partial charge in [-0.3, -0.25) is 0 Å². The number of nitrogens with one attached hydrogen (secondary N) is 2. The summed E-state index contributed by atoms with van der Waals surface area (Å²) in [5, 5.41) is 6.64. The summed E-state index contributed by atoms with van der Waals surface area (Å²) in [6, 6.07) is 6.29. The molecule has 0 radical (unpaired) electrons. The maximum atomic E-state index is 6.07. The average Bonchev–Trinajstić information content (AvgIpc) is 3.18. The van der Waals surface area contributed by atoms with Crippen LogP contribution in [0.3, 0.4) is 0 Å². The maximum absolute atomic E-state index is 6.07. The number of hydrogen-bond acceptors (Lipinski definition) is 4. The van der Waals surface area contributed by atoms with E-state index in [1.165, 1.54) is 5.56 Å². The number of guanidine groups is 1. The van der Waals surface area contributed by atoms with Gasteiger partial charge in [0, 0.05) is 38.5 Å². The minimum atomic E-state index is 0. The molecule has 2 rings (SSSR count). The molecular formula is C21H36IN3O3. The van der Waals surface area contributed by atoms with E-state index in [1.807, 2.05) is 6.92 Å². The Balaban J connectivity index is 0.00000392. The van der Waals surface area contributed by atoms with Crippen LogP contribution in [0.2, 0.25) is 0 Å². The molecule has 1 aromatic carbocycles. The molecule has 0 aliphatic carbocycles. The first-order valence-electron chi connectivity index (χ1n) is 10.2. The highest BCUT2D eigenvalue weighted by molar-refractivity contribution is 14.0. The molecule has 1 atom stereocenters. The molecule has 0 saturated carbocycles. The van der Waals surface area contributed by atoms with Crippen LogP contribution in [-0.2, 0) is 16.0 Å². The maximum Gasteiger partial charge on any atom is 0.191 e. The summed E-state index contributed by atoms with van der Waals surface area (Å²) < 4.78 is 17.1. The molecule has 160 valence electrons. The summed E-state index contributed by atoms with van der Waals surface area (Å²) in [6.07, 6.45) is 3.37. The van der Waals surface area contributed by atoms with Crippen molar-refractivity contribution in [2.24, 2.45) is 4.99 Å². The van der Waals surface area contributed by atoms with E-state index in [0.29, 0.717) is 13.2 Å². The zero-order valence-corrected chi connectivity index (χ0v) is 19.8. The molecule has 0 amide bonds. The van der Waals surface area contributed by atoms with E-state index < -0.39 is 0 Å². The molecular weight excluding hydrogens is 469 g/mol. The fourth-order valence-corrected chi connectivity index (χ4v) is 2.92. The number of aryl methyl sites for hydroxylation is 1. The fourth-order valence-electron chi connectivity index (χ4n) is 2.92. The van der Waals surface area contributed by atoms with Crippen molar-refractivity contribution < 1.29 is 14.2 Å². The molecule has 0 aromatic heterocycles. The third-order valence-corrected chi connectivity index (χ3v) is 4.39. The van der Waals surface area contributed by atoms with Crippen LogP contribution in [0, 0.1) is 6.92 Å². The van der Waals surface area contributed by atoms with Crippen molar-refractivity contribution >= 4 is 29.9 Å². The van der Waals surface area contributed by atoms with Crippen LogP contribution in [0.25, 0.3) is 0 Å². The van der Waals surface area contributed by atoms with Crippen molar-refractivity contribution in [2.45, 2.75) is 52.7 Å². The molecule has 0 spiro atoms. The second-order valence-corrected chi connectivity index (χ2v) is 6.73. The van der Waals surface area contributed by atoms with Crippen LogP contribution < -0.4 is 15.4 Å². The molecule has 1 unspecified atom stereocenters. The molecule has 2 N–H and O–H groups in total. The van der Waals surface area contributed by atoms with E-state index in [4.69, 9.17) is 19.2 Å². The van der Waals surface area contributed by atoms with Gasteiger partial charge in [0.1, 0.15) is 12.4 Å². The number of aliphatic imine (C=N–C) groups is 1. The Hall–Kier alpha value is -1.06. The molecule has 6 nitrogen and oxygen atoms in total. The molecule has 1 aromatic rings. The van der Waals surface area contributed by atoms with E-state index in [-0.39, 0.29) is 30.1 Å². The van der Waals surface area contributed by atoms with Gasteiger partial charge in [0.25, 0.3) is 0 Å². The van der Waals surface area contributed by atoms with Crippen LogP contribution >= 0.6 is 24.0 Å². The van der Waals surface area contributed by atoms with Gasteiger partial charge in [-0.25, -0.2) is 4.99 Å². The van der Waals surface area contributed by atoms with E-state index in [9.17, 15) is 0 Å². The summed E-state index contributed by atoms with van der Waals surface area (Å²) in [4.78, 5) is 4.71. The van der Waals surface area contributed by atoms with Gasteiger partial charge < -0.3 is 24.8 Å². The number of ether oxygens (including phenoxy) is 3. The summed E-state index contributed by atoms with van der Waals surface area (Å²) in [7, 11) is 0. The first-order valence-corrected chi connectivity index (χ1v) is 10.2. The lowest BCUT2D eigenvalue weighted by Gasteiger charge is -2.15. The Bertz CT molecular complexity index is 578. The van der Waals surface area contributed by atoms with Crippen molar-refractivity contribution in [2.75, 3.05) is 39.5 Å². The van der Waals surface area contributed by atoms with Gasteiger partial charge in [0.05, 0.1) is 12.6 Å². The highest BCUT2D eigenvalue weighted by atomic mass is 127. The summed E-state index contributed by atoms with van der Waals surface area (Å²) in [5.74, 6) is 1.72. The normalized spacial score (nSPS) is 16.5. The van der Waals surface area contributed by atoms with Gasteiger partial charge in [-0.15, -0.1) is 24.0 Å². The number of hydrogen-bond donors (Lipinski definition) is 2. The fraction of sp³-hybridized carbons (Fsp3) is 0.667. The molecule has 28 heavy (non-hydrogen) atoms. The second kappa shape index (κ2) is 14.9. The zero-order valence-electron chi connectivity index (χ0n) is 17.5. The van der Waals surface area contributed by atoms with E-state index in [0.717, 1.165) is 69.4 Å². The van der Waals surface area contributed by atoms with Gasteiger partial charge in [-0.05, 0) is 51.7 Å². The molecule has 0 bridgehead atoms. The monoisotopic (exact) mass is 505 g/mol. The van der Waals surface area contributed by atoms with Gasteiger partial charge in [0.15, 0.2) is 5.96 Å². The lowest BCUT2D eigenvalue weighted by Crippen LogP contribution is -2.38. The topological polar surface area (TPSA) is 64.1 Å². The van der Waals surface area contributed by atoms with Gasteiger partial charge in [0.2, 0.25) is 0 Å². The van der Waals surface area contributed by atoms with Crippen molar-refractivity contribution in [3.8, 4) is 5.75 Å². The lowest BCUT2D eigenvalue weighted by molar-refractivity contribution is 0.0676. The second-order valence-electron chi connectivity index (χ2n) is 6.73. The van der Waals surface area contributed by atoms with Crippen molar-refractivity contribution in [3.05, 3.63) is 29.3 Å². The molecule has 1 aliphatic rings. The molecule has 1 saturated heterocycles. The van der Waals surface area contributed by atoms with E-state index in [2.05, 4.69) is 42.7 Å². The predicted molar refractivity (Wildman–Crippen MR) is 125 cm³/mol. The van der Waals surface area contributed by atoms with Crippen LogP contribution in [-0.4, -0.2) is 51.6 Å². The standard InChI is InChI=1S/C21H35N3O3.HI/c1-4-22-21(23-11-7-12-25-5-2)24-15-18-10-9-17(3)14-20(18)27-16-19-8-6-13-26-19;/h9-10,14,19H,4-8,11-13,15-16H2,1-3H3,(H2,22,23,24);1H. The summed E-state index contributed by atoms with van der Waals surface area (Å²) >= 11 is 0. The highest BCUT2D eigenvalue weighted by Gasteiger charge is 2.16. The number of halogens is 1. The minimum Gasteiger partial charge on any atom is -0.491 e. The van der Waals surface area contributed by atoms with E-state index >= 15 is 0 Å². The highest BCUT2D eigenvalue weighted by Crippen LogP contribution is 2.23. The Morgan fingerprint density at radius 3 is 2.86 bits per heavy atom. The van der Waals surface area contributed by atoms with Gasteiger partial charge in [-0.2, -0.15) is 0 Å². The Kier molecular flexibility index (Phi) is 13.3. The Labute approximate surface area is 186 Å². The van der Waals surface area contributed by atoms with Crippen LogP contribution in [0.4, 0.5) is 0 Å². The molecule has 1 heterocycles. The third-order valence-electron chi connectivity index (χ3n) is 4.39. The number of rotatable bonds is 11. The first-order chi connectivity index (χ1) is 13.2. The Morgan fingerprint density at radius 1 is 1.29 bits per heavy atom.